The van der Waals surface area contributed by atoms with Crippen molar-refractivity contribution in [3.8, 4) is 5.75 Å². The van der Waals surface area contributed by atoms with Gasteiger partial charge in [-0.1, -0.05) is 11.6 Å². The Morgan fingerprint density at radius 1 is 1.19 bits per heavy atom. The third kappa shape index (κ3) is 4.41. The first-order valence-corrected chi connectivity index (χ1v) is 6.94. The van der Waals surface area contributed by atoms with E-state index >= 15 is 0 Å². The van der Waals surface area contributed by atoms with Gasteiger partial charge in [0.2, 0.25) is 0 Å². The zero-order valence-electron chi connectivity index (χ0n) is 10.4. The number of hydrogen-bond donors (Lipinski definition) is 1. The highest BCUT2D eigenvalue weighted by atomic mass is 79.9. The summed E-state index contributed by atoms with van der Waals surface area (Å²) in [4.78, 5) is 12.0. The van der Waals surface area contributed by atoms with E-state index in [1.54, 1.807) is 12.1 Å². The smallest absolute Gasteiger partial charge is 0.387 e. The van der Waals surface area contributed by atoms with Gasteiger partial charge in [0.1, 0.15) is 5.75 Å². The molecule has 2 rings (SSSR count). The Kier molecular flexibility index (Phi) is 5.14. The van der Waals surface area contributed by atoms with Crippen molar-refractivity contribution in [3.05, 3.63) is 57.5 Å². The molecule has 2 aromatic carbocycles. The molecule has 3 nitrogen and oxygen atoms in total. The highest BCUT2D eigenvalue weighted by Crippen LogP contribution is 2.24. The Bertz CT molecular complexity index is 650. The molecule has 0 fully saturated rings. The maximum Gasteiger partial charge on any atom is 0.387 e. The first-order valence-electron chi connectivity index (χ1n) is 5.77. The van der Waals surface area contributed by atoms with E-state index in [4.69, 9.17) is 11.6 Å². The molecule has 110 valence electrons. The van der Waals surface area contributed by atoms with E-state index in [0.717, 1.165) is 0 Å². The van der Waals surface area contributed by atoms with Gasteiger partial charge < -0.3 is 10.1 Å². The number of hydrogen-bond acceptors (Lipinski definition) is 2. The van der Waals surface area contributed by atoms with Crippen molar-refractivity contribution >= 4 is 39.1 Å². The van der Waals surface area contributed by atoms with Crippen LogP contribution in [0.25, 0.3) is 0 Å². The largest absolute Gasteiger partial charge is 0.435 e. The van der Waals surface area contributed by atoms with E-state index < -0.39 is 6.61 Å². The van der Waals surface area contributed by atoms with Crippen molar-refractivity contribution in [1.82, 2.24) is 0 Å². The summed E-state index contributed by atoms with van der Waals surface area (Å²) in [7, 11) is 0. The van der Waals surface area contributed by atoms with Crippen molar-refractivity contribution in [2.75, 3.05) is 5.32 Å². The van der Waals surface area contributed by atoms with Crippen molar-refractivity contribution < 1.29 is 18.3 Å². The Morgan fingerprint density at radius 3 is 2.43 bits per heavy atom. The van der Waals surface area contributed by atoms with Crippen molar-refractivity contribution in [1.29, 1.82) is 0 Å². The third-order valence-corrected chi connectivity index (χ3v) is 3.75. The van der Waals surface area contributed by atoms with Gasteiger partial charge >= 0.3 is 6.61 Å². The summed E-state index contributed by atoms with van der Waals surface area (Å²) < 4.78 is 28.9. The summed E-state index contributed by atoms with van der Waals surface area (Å²) in [6.07, 6.45) is 0. The van der Waals surface area contributed by atoms with Gasteiger partial charge in [-0.2, -0.15) is 8.78 Å². The summed E-state index contributed by atoms with van der Waals surface area (Å²) in [5.74, 6) is -0.332. The van der Waals surface area contributed by atoms with Crippen molar-refractivity contribution in [3.63, 3.8) is 0 Å². The molecular formula is C14H9BrClF2NO2. The maximum atomic E-state index is 12.0. The van der Waals surface area contributed by atoms with E-state index in [2.05, 4.69) is 26.0 Å². The van der Waals surface area contributed by atoms with Crippen LogP contribution in [0.3, 0.4) is 0 Å². The topological polar surface area (TPSA) is 38.3 Å². The number of carbonyl (C=O) groups excluding carboxylic acids is 1. The molecule has 1 amide bonds. The summed E-state index contributed by atoms with van der Waals surface area (Å²) in [6.45, 7) is -2.88. The molecule has 0 saturated heterocycles. The predicted octanol–water partition coefficient (Wildman–Crippen LogP) is 4.96. The van der Waals surface area contributed by atoms with Crippen LogP contribution < -0.4 is 10.1 Å². The van der Waals surface area contributed by atoms with Gasteiger partial charge in [-0.15, -0.1) is 0 Å². The molecular weight excluding hydrogens is 368 g/mol. The molecule has 0 saturated carbocycles. The number of anilines is 1. The second-order valence-electron chi connectivity index (χ2n) is 3.99. The van der Waals surface area contributed by atoms with E-state index in [9.17, 15) is 13.6 Å². The number of ether oxygens (including phenoxy) is 1. The number of benzene rings is 2. The first-order chi connectivity index (χ1) is 9.95. The van der Waals surface area contributed by atoms with Crippen LogP contribution in [0.2, 0.25) is 5.02 Å². The van der Waals surface area contributed by atoms with Gasteiger partial charge in [0.05, 0.1) is 5.02 Å². The molecule has 0 aliphatic heterocycles. The molecule has 21 heavy (non-hydrogen) atoms. The first kappa shape index (κ1) is 15.7. The molecule has 0 radical (unpaired) electrons. The minimum absolute atomic E-state index is 0.0229. The quantitative estimate of drug-likeness (QED) is 0.819. The summed E-state index contributed by atoms with van der Waals surface area (Å²) in [5, 5.41) is 3.05. The Labute approximate surface area is 133 Å². The molecule has 7 heteroatoms. The van der Waals surface area contributed by atoms with Gasteiger partial charge in [-0.3, -0.25) is 4.79 Å². The number of alkyl halides is 2. The summed E-state index contributed by atoms with van der Waals surface area (Å²) in [5.41, 5.74) is 0.844. The molecule has 0 spiro atoms. The van der Waals surface area contributed by atoms with Crippen LogP contribution in [0.4, 0.5) is 14.5 Å². The van der Waals surface area contributed by atoms with Crippen molar-refractivity contribution in [2.45, 2.75) is 6.61 Å². The average Bonchev–Trinajstić information content (AvgIpc) is 2.43. The van der Waals surface area contributed by atoms with E-state index in [-0.39, 0.29) is 11.7 Å². The fourth-order valence-corrected chi connectivity index (χ4v) is 1.99. The molecule has 1 N–H and O–H groups in total. The van der Waals surface area contributed by atoms with Crippen molar-refractivity contribution in [2.24, 2.45) is 0 Å². The normalized spacial score (nSPS) is 10.5. The molecule has 0 heterocycles. The Balaban J connectivity index is 2.06. The van der Waals surface area contributed by atoms with E-state index in [0.29, 0.717) is 20.7 Å². The van der Waals surface area contributed by atoms with Crippen LogP contribution in [0.15, 0.2) is 46.9 Å². The van der Waals surface area contributed by atoms with Crippen LogP contribution in [0.5, 0.6) is 5.75 Å². The van der Waals surface area contributed by atoms with Gasteiger partial charge in [0.15, 0.2) is 0 Å². The minimum atomic E-state index is -2.88. The summed E-state index contributed by atoms with van der Waals surface area (Å²) >= 11 is 9.15. The monoisotopic (exact) mass is 375 g/mol. The fraction of sp³-hybridized carbons (Fsp3) is 0.0714. The average molecular weight is 377 g/mol. The highest BCUT2D eigenvalue weighted by Gasteiger charge is 2.09. The van der Waals surface area contributed by atoms with Gasteiger partial charge in [-0.25, -0.2) is 0 Å². The SMILES string of the molecule is O=C(Nc1ccc(OC(F)F)cc1)c1ccc(Br)c(Cl)c1. The second kappa shape index (κ2) is 6.87. The van der Waals surface area contributed by atoms with E-state index in [1.165, 1.54) is 30.3 Å². The third-order valence-electron chi connectivity index (χ3n) is 2.52. The van der Waals surface area contributed by atoms with Gasteiger partial charge in [0.25, 0.3) is 5.91 Å². The molecule has 0 atom stereocenters. The number of carbonyl (C=O) groups is 1. The molecule has 0 aliphatic rings. The predicted molar refractivity (Wildman–Crippen MR) is 80.2 cm³/mol. The highest BCUT2D eigenvalue weighted by molar-refractivity contribution is 9.10. The molecule has 0 aliphatic carbocycles. The standard InChI is InChI=1S/C14H9BrClF2NO2/c15-11-6-1-8(7-12(11)16)13(20)19-9-2-4-10(5-3-9)21-14(17)18/h1-7,14H,(H,19,20). The lowest BCUT2D eigenvalue weighted by atomic mass is 10.2. The number of nitrogens with one attached hydrogen (secondary N) is 1. The van der Waals surface area contributed by atoms with Crippen LogP contribution in [-0.2, 0) is 0 Å². The summed E-state index contributed by atoms with van der Waals surface area (Å²) in [6, 6.07) is 10.4. The second-order valence-corrected chi connectivity index (χ2v) is 5.25. The van der Waals surface area contributed by atoms with Crippen LogP contribution in [0.1, 0.15) is 10.4 Å². The maximum absolute atomic E-state index is 12.0. The van der Waals surface area contributed by atoms with Gasteiger partial charge in [0, 0.05) is 15.7 Å². The van der Waals surface area contributed by atoms with Crippen LogP contribution in [-0.4, -0.2) is 12.5 Å². The number of amides is 1. The lowest BCUT2D eigenvalue weighted by Crippen LogP contribution is -2.11. The molecule has 0 bridgehead atoms. The van der Waals surface area contributed by atoms with Gasteiger partial charge in [-0.05, 0) is 58.4 Å². The minimum Gasteiger partial charge on any atom is -0.435 e. The Hall–Kier alpha value is -1.66. The lowest BCUT2D eigenvalue weighted by molar-refractivity contribution is -0.0498. The number of halogens is 4. The number of rotatable bonds is 4. The van der Waals surface area contributed by atoms with Crippen LogP contribution >= 0.6 is 27.5 Å². The Morgan fingerprint density at radius 2 is 1.86 bits per heavy atom. The fourth-order valence-electron chi connectivity index (χ4n) is 1.56. The van der Waals surface area contributed by atoms with E-state index in [1.807, 2.05) is 0 Å². The zero-order chi connectivity index (χ0) is 15.4. The molecule has 0 aromatic heterocycles. The van der Waals surface area contributed by atoms with Crippen LogP contribution in [0, 0.1) is 0 Å². The zero-order valence-corrected chi connectivity index (χ0v) is 12.8. The lowest BCUT2D eigenvalue weighted by Gasteiger charge is -2.08. The molecule has 0 unspecified atom stereocenters. The molecule has 2 aromatic rings.